The second-order valence-electron chi connectivity index (χ2n) is 5.07. The number of urea groups is 1. The fourth-order valence-electron chi connectivity index (χ4n) is 2.06. The zero-order chi connectivity index (χ0) is 18.2. The smallest absolute Gasteiger partial charge is 0.315 e. The molecule has 6 nitrogen and oxygen atoms in total. The van der Waals surface area contributed by atoms with Gasteiger partial charge in [0.25, 0.3) is 0 Å². The van der Waals surface area contributed by atoms with Gasteiger partial charge >= 0.3 is 6.03 Å². The van der Waals surface area contributed by atoms with Gasteiger partial charge in [-0.3, -0.25) is 4.79 Å². The zero-order valence-corrected chi connectivity index (χ0v) is 13.2. The number of benzene rings is 2. The summed E-state index contributed by atoms with van der Waals surface area (Å²) in [5.74, 6) is -2.36. The summed E-state index contributed by atoms with van der Waals surface area (Å²) in [6.07, 6.45) is 0. The molecule has 8 heteroatoms. The van der Waals surface area contributed by atoms with Gasteiger partial charge in [-0.15, -0.1) is 0 Å². The molecule has 0 spiro atoms. The number of carbonyl (C=O) groups is 2. The molecular formula is C17H17F2N3O3. The fourth-order valence-corrected chi connectivity index (χ4v) is 2.06. The van der Waals surface area contributed by atoms with Crippen molar-refractivity contribution in [3.05, 3.63) is 65.7 Å². The van der Waals surface area contributed by atoms with E-state index in [4.69, 9.17) is 10.5 Å². The molecule has 0 bridgehead atoms. The molecule has 0 saturated heterocycles. The van der Waals surface area contributed by atoms with Crippen molar-refractivity contribution in [2.75, 3.05) is 13.2 Å². The lowest BCUT2D eigenvalue weighted by atomic mass is 10.1. The fraction of sp³-hybridized carbons (Fsp3) is 0.176. The summed E-state index contributed by atoms with van der Waals surface area (Å²) < 4.78 is 31.2. The van der Waals surface area contributed by atoms with Crippen LogP contribution in [-0.2, 0) is 4.79 Å². The van der Waals surface area contributed by atoms with Crippen LogP contribution in [0.3, 0.4) is 0 Å². The van der Waals surface area contributed by atoms with Crippen molar-refractivity contribution in [1.29, 1.82) is 0 Å². The van der Waals surface area contributed by atoms with E-state index in [9.17, 15) is 18.4 Å². The highest BCUT2D eigenvalue weighted by molar-refractivity contribution is 5.86. The number of amides is 3. The van der Waals surface area contributed by atoms with Gasteiger partial charge in [0.1, 0.15) is 18.5 Å². The summed E-state index contributed by atoms with van der Waals surface area (Å²) >= 11 is 0. The van der Waals surface area contributed by atoms with Gasteiger partial charge in [0.2, 0.25) is 5.91 Å². The quantitative estimate of drug-likeness (QED) is 0.666. The highest BCUT2D eigenvalue weighted by atomic mass is 19.1. The van der Waals surface area contributed by atoms with E-state index >= 15 is 0 Å². The lowest BCUT2D eigenvalue weighted by molar-refractivity contribution is -0.119. The molecule has 25 heavy (non-hydrogen) atoms. The van der Waals surface area contributed by atoms with E-state index in [1.165, 1.54) is 0 Å². The van der Waals surface area contributed by atoms with Crippen molar-refractivity contribution < 1.29 is 23.1 Å². The first-order valence-corrected chi connectivity index (χ1v) is 7.44. The molecule has 3 amide bonds. The van der Waals surface area contributed by atoms with Crippen molar-refractivity contribution in [3.63, 3.8) is 0 Å². The molecule has 0 radical (unpaired) electrons. The topological polar surface area (TPSA) is 93.5 Å². The second kappa shape index (κ2) is 8.62. The van der Waals surface area contributed by atoms with Crippen molar-refractivity contribution >= 4 is 11.9 Å². The monoisotopic (exact) mass is 349 g/mol. The molecule has 0 aromatic heterocycles. The number of nitrogens with one attached hydrogen (secondary N) is 2. The van der Waals surface area contributed by atoms with Crippen LogP contribution in [0.4, 0.5) is 13.6 Å². The number of carbonyl (C=O) groups excluding carboxylic acids is 2. The molecular weight excluding hydrogens is 332 g/mol. The third-order valence-corrected chi connectivity index (χ3v) is 3.23. The average molecular weight is 349 g/mol. The number of primary amides is 1. The summed E-state index contributed by atoms with van der Waals surface area (Å²) in [5, 5.41) is 4.91. The molecule has 0 aliphatic carbocycles. The number of ether oxygens (including phenoxy) is 1. The van der Waals surface area contributed by atoms with Gasteiger partial charge in [0, 0.05) is 6.07 Å². The molecule has 0 heterocycles. The summed E-state index contributed by atoms with van der Waals surface area (Å²) in [4.78, 5) is 23.3. The Labute approximate surface area is 143 Å². The van der Waals surface area contributed by atoms with Crippen molar-refractivity contribution in [2.24, 2.45) is 5.73 Å². The number of hydrogen-bond acceptors (Lipinski definition) is 3. The normalized spacial score (nSPS) is 11.4. The molecule has 2 aromatic carbocycles. The van der Waals surface area contributed by atoms with Gasteiger partial charge in [0.15, 0.2) is 11.6 Å². The van der Waals surface area contributed by atoms with Crippen molar-refractivity contribution in [1.82, 2.24) is 10.6 Å². The standard InChI is InChI=1S/C17H17F2N3O3/c18-12-6-7-14(13(19)10-12)25-9-8-21-17(24)22-15(16(20)23)11-4-2-1-3-5-11/h1-7,10,15H,8-9H2,(H2,20,23)(H2,21,22,24)/t15-/m0/s1. The van der Waals surface area contributed by atoms with E-state index in [2.05, 4.69) is 10.6 Å². The predicted molar refractivity (Wildman–Crippen MR) is 86.8 cm³/mol. The SMILES string of the molecule is NC(=O)[C@@H](NC(=O)NCCOc1ccc(F)cc1F)c1ccccc1. The van der Waals surface area contributed by atoms with Crippen LogP contribution >= 0.6 is 0 Å². The third kappa shape index (κ3) is 5.45. The Kier molecular flexibility index (Phi) is 6.27. The van der Waals surface area contributed by atoms with Crippen LogP contribution in [0, 0.1) is 11.6 Å². The summed E-state index contributed by atoms with van der Waals surface area (Å²) in [7, 11) is 0. The highest BCUT2D eigenvalue weighted by Gasteiger charge is 2.19. The first-order valence-electron chi connectivity index (χ1n) is 7.44. The molecule has 0 unspecified atom stereocenters. The Balaban J connectivity index is 1.80. The Morgan fingerprint density at radius 3 is 2.48 bits per heavy atom. The maximum atomic E-state index is 13.4. The molecule has 132 valence electrons. The summed E-state index contributed by atoms with van der Waals surface area (Å²) in [6.45, 7) is 0.00543. The highest BCUT2D eigenvalue weighted by Crippen LogP contribution is 2.17. The van der Waals surface area contributed by atoms with E-state index in [1.54, 1.807) is 30.3 Å². The largest absolute Gasteiger partial charge is 0.489 e. The van der Waals surface area contributed by atoms with Crippen LogP contribution in [0.5, 0.6) is 5.75 Å². The first-order chi connectivity index (χ1) is 12.0. The van der Waals surface area contributed by atoms with Crippen LogP contribution in [0.1, 0.15) is 11.6 Å². The number of halogens is 2. The Morgan fingerprint density at radius 1 is 1.12 bits per heavy atom. The third-order valence-electron chi connectivity index (χ3n) is 3.23. The molecule has 2 aromatic rings. The second-order valence-corrected chi connectivity index (χ2v) is 5.07. The molecule has 0 fully saturated rings. The van der Waals surface area contributed by atoms with Crippen LogP contribution < -0.4 is 21.1 Å². The van der Waals surface area contributed by atoms with Gasteiger partial charge in [-0.05, 0) is 17.7 Å². The van der Waals surface area contributed by atoms with Crippen LogP contribution in [-0.4, -0.2) is 25.1 Å². The van der Waals surface area contributed by atoms with Crippen LogP contribution in [0.25, 0.3) is 0 Å². The maximum absolute atomic E-state index is 13.4. The summed E-state index contributed by atoms with van der Waals surface area (Å²) in [6, 6.07) is 9.85. The Hall–Kier alpha value is -3.16. The molecule has 4 N–H and O–H groups in total. The average Bonchev–Trinajstić information content (AvgIpc) is 2.58. The molecule has 0 saturated carbocycles. The number of hydrogen-bond donors (Lipinski definition) is 3. The van der Waals surface area contributed by atoms with Gasteiger partial charge in [-0.2, -0.15) is 0 Å². The van der Waals surface area contributed by atoms with Gasteiger partial charge in [-0.25, -0.2) is 13.6 Å². The maximum Gasteiger partial charge on any atom is 0.315 e. The lowest BCUT2D eigenvalue weighted by Gasteiger charge is -2.16. The first kappa shape index (κ1) is 18.2. The van der Waals surface area contributed by atoms with Crippen molar-refractivity contribution in [3.8, 4) is 5.75 Å². The molecule has 1 atom stereocenters. The van der Waals surface area contributed by atoms with Gasteiger partial charge in [-0.1, -0.05) is 30.3 Å². The molecule has 0 aliphatic rings. The van der Waals surface area contributed by atoms with Crippen LogP contribution in [0.2, 0.25) is 0 Å². The van der Waals surface area contributed by atoms with E-state index in [-0.39, 0.29) is 18.9 Å². The summed E-state index contributed by atoms with van der Waals surface area (Å²) in [5.41, 5.74) is 5.85. The minimum atomic E-state index is -0.975. The Morgan fingerprint density at radius 2 is 1.84 bits per heavy atom. The van der Waals surface area contributed by atoms with E-state index in [1.807, 2.05) is 0 Å². The molecule has 2 rings (SSSR count). The van der Waals surface area contributed by atoms with Crippen LogP contribution in [0.15, 0.2) is 48.5 Å². The predicted octanol–water partition coefficient (Wildman–Crippen LogP) is 1.87. The van der Waals surface area contributed by atoms with E-state index in [0.29, 0.717) is 11.6 Å². The molecule has 0 aliphatic heterocycles. The van der Waals surface area contributed by atoms with Crippen molar-refractivity contribution in [2.45, 2.75) is 6.04 Å². The zero-order valence-electron chi connectivity index (χ0n) is 13.2. The number of rotatable bonds is 7. The minimum Gasteiger partial charge on any atom is -0.489 e. The number of nitrogens with two attached hydrogens (primary N) is 1. The van der Waals surface area contributed by atoms with E-state index < -0.39 is 29.6 Å². The van der Waals surface area contributed by atoms with Gasteiger partial charge < -0.3 is 21.1 Å². The minimum absolute atomic E-state index is 0.0391. The van der Waals surface area contributed by atoms with Gasteiger partial charge in [0.05, 0.1) is 6.54 Å². The lowest BCUT2D eigenvalue weighted by Crippen LogP contribution is -2.44. The Bertz CT molecular complexity index is 741. The van der Waals surface area contributed by atoms with E-state index in [0.717, 1.165) is 12.1 Å².